The van der Waals surface area contributed by atoms with E-state index < -0.39 is 0 Å². The second kappa shape index (κ2) is 7.87. The van der Waals surface area contributed by atoms with Crippen LogP contribution in [0.3, 0.4) is 0 Å². The van der Waals surface area contributed by atoms with Crippen molar-refractivity contribution in [3.05, 3.63) is 106 Å². The maximum atomic E-state index is 12.5. The van der Waals surface area contributed by atoms with Crippen molar-refractivity contribution in [2.75, 3.05) is 0 Å². The highest BCUT2D eigenvalue weighted by Crippen LogP contribution is 2.27. The van der Waals surface area contributed by atoms with Crippen LogP contribution in [0.5, 0.6) is 11.5 Å². The molecule has 1 aromatic heterocycles. The van der Waals surface area contributed by atoms with Crippen LogP contribution in [-0.4, -0.2) is 4.98 Å². The fourth-order valence-corrected chi connectivity index (χ4v) is 3.09. The minimum atomic E-state index is -0.304. The number of rotatable bonds is 4. The minimum absolute atomic E-state index is 0.0950. The Morgan fingerprint density at radius 2 is 1.45 bits per heavy atom. The summed E-state index contributed by atoms with van der Waals surface area (Å²) in [5.41, 5.74) is 3.74. The van der Waals surface area contributed by atoms with Crippen LogP contribution in [0, 0.1) is 18.3 Å². The van der Waals surface area contributed by atoms with E-state index in [9.17, 15) is 10.1 Å². The van der Waals surface area contributed by atoms with Gasteiger partial charge in [0.25, 0.3) is 0 Å². The van der Waals surface area contributed by atoms with Crippen molar-refractivity contribution in [2.24, 2.45) is 0 Å². The highest BCUT2D eigenvalue weighted by molar-refractivity contribution is 5.71. The van der Waals surface area contributed by atoms with Crippen LogP contribution in [0.25, 0.3) is 22.5 Å². The molecule has 1 N–H and O–H groups in total. The smallest absolute Gasteiger partial charge is 0.200 e. The lowest BCUT2D eigenvalue weighted by Crippen LogP contribution is -2.09. The van der Waals surface area contributed by atoms with Crippen LogP contribution in [0.1, 0.15) is 11.1 Å². The molecule has 0 saturated heterocycles. The molecule has 0 aliphatic rings. The normalized spacial score (nSPS) is 10.3. The second-order valence-corrected chi connectivity index (χ2v) is 6.71. The summed E-state index contributed by atoms with van der Waals surface area (Å²) in [5.74, 6) is 1.42. The van der Waals surface area contributed by atoms with E-state index in [1.807, 2.05) is 91.9 Å². The fourth-order valence-electron chi connectivity index (χ4n) is 3.09. The SMILES string of the molecule is Cc1ccc(-c2cc(=O)c(C#N)c(-c3ccc(Oc4ccccc4)cc3)[nH]2)cc1. The molecule has 0 aliphatic heterocycles. The van der Waals surface area contributed by atoms with Crippen molar-refractivity contribution in [2.45, 2.75) is 6.92 Å². The van der Waals surface area contributed by atoms with E-state index in [2.05, 4.69) is 4.98 Å². The first-order valence-electron chi connectivity index (χ1n) is 9.22. The van der Waals surface area contributed by atoms with Gasteiger partial charge in [0.05, 0.1) is 5.69 Å². The molecule has 0 unspecified atom stereocenters. The molecule has 1 heterocycles. The monoisotopic (exact) mass is 378 g/mol. The summed E-state index contributed by atoms with van der Waals surface area (Å²) in [6.45, 7) is 2.01. The minimum Gasteiger partial charge on any atom is -0.457 e. The quantitative estimate of drug-likeness (QED) is 0.497. The molecular formula is C25H18N2O2. The number of benzene rings is 3. The summed E-state index contributed by atoms with van der Waals surface area (Å²) in [6.07, 6.45) is 0. The first kappa shape index (κ1) is 18.3. The molecule has 0 saturated carbocycles. The maximum Gasteiger partial charge on any atom is 0.200 e. The van der Waals surface area contributed by atoms with E-state index in [1.54, 1.807) is 0 Å². The summed E-state index contributed by atoms with van der Waals surface area (Å²) in [6, 6.07) is 28.2. The summed E-state index contributed by atoms with van der Waals surface area (Å²) < 4.78 is 5.82. The number of aromatic nitrogens is 1. The predicted octanol–water partition coefficient (Wildman–Crippen LogP) is 5.68. The van der Waals surface area contributed by atoms with Gasteiger partial charge in [0.1, 0.15) is 23.1 Å². The molecule has 0 amide bonds. The molecule has 0 atom stereocenters. The molecule has 29 heavy (non-hydrogen) atoms. The van der Waals surface area contributed by atoms with Crippen LogP contribution in [-0.2, 0) is 0 Å². The molecule has 0 bridgehead atoms. The Labute approximate surface area is 168 Å². The Morgan fingerprint density at radius 3 is 2.10 bits per heavy atom. The Kier molecular flexibility index (Phi) is 4.96. The Bertz CT molecular complexity index is 1230. The van der Waals surface area contributed by atoms with Gasteiger partial charge in [-0.15, -0.1) is 0 Å². The van der Waals surface area contributed by atoms with Gasteiger partial charge in [0.2, 0.25) is 5.43 Å². The van der Waals surface area contributed by atoms with Gasteiger partial charge in [-0.3, -0.25) is 4.79 Å². The average molecular weight is 378 g/mol. The van der Waals surface area contributed by atoms with Gasteiger partial charge in [0.15, 0.2) is 0 Å². The van der Waals surface area contributed by atoms with Crippen molar-refractivity contribution >= 4 is 0 Å². The number of nitrogens with one attached hydrogen (secondary N) is 1. The van der Waals surface area contributed by atoms with Gasteiger partial charge in [-0.25, -0.2) is 0 Å². The lowest BCUT2D eigenvalue weighted by Gasteiger charge is -2.10. The average Bonchev–Trinajstić information content (AvgIpc) is 2.75. The van der Waals surface area contributed by atoms with Gasteiger partial charge < -0.3 is 9.72 Å². The number of hydrogen-bond donors (Lipinski definition) is 1. The van der Waals surface area contributed by atoms with Crippen LogP contribution in [0.2, 0.25) is 0 Å². The summed E-state index contributed by atoms with van der Waals surface area (Å²) in [7, 11) is 0. The molecule has 3 aromatic carbocycles. The van der Waals surface area contributed by atoms with Gasteiger partial charge in [-0.05, 0) is 54.4 Å². The molecule has 4 aromatic rings. The molecule has 140 valence electrons. The van der Waals surface area contributed by atoms with Gasteiger partial charge >= 0.3 is 0 Å². The zero-order valence-electron chi connectivity index (χ0n) is 15.8. The van der Waals surface area contributed by atoms with E-state index in [4.69, 9.17) is 4.74 Å². The summed E-state index contributed by atoms with van der Waals surface area (Å²) >= 11 is 0. The van der Waals surface area contributed by atoms with E-state index in [1.165, 1.54) is 6.07 Å². The van der Waals surface area contributed by atoms with E-state index in [-0.39, 0.29) is 11.0 Å². The summed E-state index contributed by atoms with van der Waals surface area (Å²) in [5, 5.41) is 9.51. The molecular weight excluding hydrogens is 360 g/mol. The number of pyridine rings is 1. The number of para-hydroxylation sites is 1. The highest BCUT2D eigenvalue weighted by atomic mass is 16.5. The van der Waals surface area contributed by atoms with Gasteiger partial charge in [-0.2, -0.15) is 5.26 Å². The largest absolute Gasteiger partial charge is 0.457 e. The van der Waals surface area contributed by atoms with E-state index in [0.29, 0.717) is 17.1 Å². The lowest BCUT2D eigenvalue weighted by atomic mass is 10.0. The first-order chi connectivity index (χ1) is 14.1. The number of ether oxygens (including phenoxy) is 1. The van der Waals surface area contributed by atoms with Crippen LogP contribution < -0.4 is 10.2 Å². The Morgan fingerprint density at radius 1 is 0.828 bits per heavy atom. The number of nitriles is 1. The number of nitrogens with zero attached hydrogens (tertiary/aromatic N) is 1. The number of aryl methyl sites for hydroxylation is 1. The van der Waals surface area contributed by atoms with Gasteiger partial charge in [-0.1, -0.05) is 48.0 Å². The Balaban J connectivity index is 1.72. The zero-order chi connectivity index (χ0) is 20.2. The lowest BCUT2D eigenvalue weighted by molar-refractivity contribution is 0.483. The number of H-pyrrole nitrogens is 1. The van der Waals surface area contributed by atoms with Crippen LogP contribution in [0.4, 0.5) is 0 Å². The van der Waals surface area contributed by atoms with Crippen molar-refractivity contribution in [3.8, 4) is 40.1 Å². The standard InChI is InChI=1S/C25H18N2O2/c1-17-7-9-18(10-8-17)23-15-24(28)22(16-26)25(27-23)19-11-13-21(14-12-19)29-20-5-3-2-4-6-20/h2-15H,1H3,(H,27,28). The van der Waals surface area contributed by atoms with Crippen LogP contribution in [0.15, 0.2) is 89.7 Å². The number of hydrogen-bond acceptors (Lipinski definition) is 3. The third-order valence-electron chi connectivity index (χ3n) is 4.63. The predicted molar refractivity (Wildman–Crippen MR) is 114 cm³/mol. The fraction of sp³-hybridized carbons (Fsp3) is 0.0400. The second-order valence-electron chi connectivity index (χ2n) is 6.71. The van der Waals surface area contributed by atoms with Crippen LogP contribution >= 0.6 is 0 Å². The molecule has 0 radical (unpaired) electrons. The van der Waals surface area contributed by atoms with E-state index in [0.717, 1.165) is 22.4 Å². The summed E-state index contributed by atoms with van der Waals surface area (Å²) in [4.78, 5) is 15.8. The maximum absolute atomic E-state index is 12.5. The van der Waals surface area contributed by atoms with E-state index >= 15 is 0 Å². The Hall–Kier alpha value is -4.10. The molecule has 0 spiro atoms. The van der Waals surface area contributed by atoms with Crippen molar-refractivity contribution < 1.29 is 4.74 Å². The van der Waals surface area contributed by atoms with Crippen molar-refractivity contribution in [1.29, 1.82) is 5.26 Å². The molecule has 0 fully saturated rings. The first-order valence-corrected chi connectivity index (χ1v) is 9.22. The topological polar surface area (TPSA) is 65.9 Å². The van der Waals surface area contributed by atoms with Gasteiger partial charge in [0, 0.05) is 11.8 Å². The molecule has 4 rings (SSSR count). The van der Waals surface area contributed by atoms with Crippen molar-refractivity contribution in [3.63, 3.8) is 0 Å². The molecule has 0 aliphatic carbocycles. The third-order valence-corrected chi connectivity index (χ3v) is 4.63. The third kappa shape index (κ3) is 3.95. The number of aromatic amines is 1. The molecule has 4 nitrogen and oxygen atoms in total. The highest BCUT2D eigenvalue weighted by Gasteiger charge is 2.13. The van der Waals surface area contributed by atoms with Crippen molar-refractivity contribution in [1.82, 2.24) is 4.98 Å². The zero-order valence-corrected chi connectivity index (χ0v) is 15.8. The molecule has 4 heteroatoms.